The minimum Gasteiger partial charge on any atom is -0.493 e. The molecule has 0 amide bonds. The first-order chi connectivity index (χ1) is 8.15. The zero-order valence-corrected chi connectivity index (χ0v) is 12.1. The number of benzene rings is 1. The van der Waals surface area contributed by atoms with Crippen LogP contribution in [-0.2, 0) is 0 Å². The van der Waals surface area contributed by atoms with Crippen LogP contribution < -0.4 is 4.74 Å². The van der Waals surface area contributed by atoms with Crippen molar-refractivity contribution in [2.45, 2.75) is 24.9 Å². The highest BCUT2D eigenvalue weighted by molar-refractivity contribution is 7.07. The Hall–Kier alpha value is -0.253. The molecule has 0 aromatic heterocycles. The van der Waals surface area contributed by atoms with E-state index in [1.165, 1.54) is 24.2 Å². The van der Waals surface area contributed by atoms with Gasteiger partial charge in [-0.25, -0.2) is 4.39 Å². The fraction of sp³-hybridized carbons (Fsp3) is 0.500. The summed E-state index contributed by atoms with van der Waals surface area (Å²) >= 11 is 11.8. The molecule has 0 spiro atoms. The predicted octanol–water partition coefficient (Wildman–Crippen LogP) is 4.23. The Morgan fingerprint density at radius 2 is 2.06 bits per heavy atom. The Morgan fingerprint density at radius 1 is 1.35 bits per heavy atom. The molecule has 1 aromatic carbocycles. The van der Waals surface area contributed by atoms with E-state index >= 15 is 0 Å². The first-order valence-electron chi connectivity index (χ1n) is 5.87. The SMILES string of the molecule is Fc1cc(OCC2CC[SiH](Cl)CC2)ccc1Cl. The van der Waals surface area contributed by atoms with Crippen LogP contribution in [0, 0.1) is 11.7 Å². The van der Waals surface area contributed by atoms with Crippen molar-refractivity contribution in [3.63, 3.8) is 0 Å². The summed E-state index contributed by atoms with van der Waals surface area (Å²) < 4.78 is 18.8. The summed E-state index contributed by atoms with van der Waals surface area (Å²) in [5.74, 6) is 0.689. The van der Waals surface area contributed by atoms with Crippen LogP contribution in [0.4, 0.5) is 4.39 Å². The molecule has 0 bridgehead atoms. The van der Waals surface area contributed by atoms with Crippen molar-refractivity contribution >= 4 is 30.8 Å². The summed E-state index contributed by atoms with van der Waals surface area (Å²) in [7, 11) is -0.907. The molecule has 2 rings (SSSR count). The summed E-state index contributed by atoms with van der Waals surface area (Å²) in [4.78, 5) is 0. The van der Waals surface area contributed by atoms with E-state index in [-0.39, 0.29) is 5.02 Å². The quantitative estimate of drug-likeness (QED) is 0.598. The zero-order valence-electron chi connectivity index (χ0n) is 9.46. The van der Waals surface area contributed by atoms with E-state index in [2.05, 4.69) is 0 Å². The van der Waals surface area contributed by atoms with Gasteiger partial charge >= 0.3 is 0 Å². The third-order valence-corrected chi connectivity index (χ3v) is 6.69. The molecule has 1 aromatic rings. The molecule has 17 heavy (non-hydrogen) atoms. The molecule has 1 aliphatic rings. The minimum atomic E-state index is -0.907. The molecule has 1 nitrogen and oxygen atoms in total. The number of halogens is 3. The van der Waals surface area contributed by atoms with Crippen LogP contribution in [-0.4, -0.2) is 14.7 Å². The Balaban J connectivity index is 1.83. The van der Waals surface area contributed by atoms with E-state index < -0.39 is 13.9 Å². The van der Waals surface area contributed by atoms with Gasteiger partial charge in [0.15, 0.2) is 0 Å². The third-order valence-electron chi connectivity index (χ3n) is 3.15. The number of hydrogen-bond acceptors (Lipinski definition) is 1. The largest absolute Gasteiger partial charge is 0.493 e. The van der Waals surface area contributed by atoms with Crippen LogP contribution >= 0.6 is 22.7 Å². The van der Waals surface area contributed by atoms with Gasteiger partial charge in [0, 0.05) is 6.07 Å². The average molecular weight is 293 g/mol. The molecule has 0 aliphatic carbocycles. The van der Waals surface area contributed by atoms with Crippen molar-refractivity contribution in [3.8, 4) is 5.75 Å². The van der Waals surface area contributed by atoms with Gasteiger partial charge in [-0.2, -0.15) is 11.1 Å². The maximum atomic E-state index is 13.2. The highest BCUT2D eigenvalue weighted by Crippen LogP contribution is 2.28. The molecule has 1 fully saturated rings. The van der Waals surface area contributed by atoms with E-state index in [1.54, 1.807) is 6.07 Å². The van der Waals surface area contributed by atoms with Gasteiger partial charge in [-0.15, -0.1) is 0 Å². The third kappa shape index (κ3) is 3.87. The van der Waals surface area contributed by atoms with Crippen LogP contribution in [0.1, 0.15) is 12.8 Å². The lowest BCUT2D eigenvalue weighted by Gasteiger charge is -2.24. The van der Waals surface area contributed by atoms with Crippen LogP contribution in [0.3, 0.4) is 0 Å². The van der Waals surface area contributed by atoms with Gasteiger partial charge in [0.25, 0.3) is 0 Å². The number of hydrogen-bond donors (Lipinski definition) is 0. The van der Waals surface area contributed by atoms with Gasteiger partial charge in [-0.1, -0.05) is 11.6 Å². The second kappa shape index (κ2) is 6.07. The Morgan fingerprint density at radius 3 is 2.71 bits per heavy atom. The summed E-state index contributed by atoms with van der Waals surface area (Å²) in [5.41, 5.74) is 0. The molecule has 94 valence electrons. The minimum absolute atomic E-state index is 0.131. The Kier molecular flexibility index (Phi) is 4.71. The van der Waals surface area contributed by atoms with E-state index in [0.717, 1.165) is 12.8 Å². The Bertz CT molecular complexity index is 381. The van der Waals surface area contributed by atoms with Crippen LogP contribution in [0.15, 0.2) is 18.2 Å². The van der Waals surface area contributed by atoms with Crippen LogP contribution in [0.2, 0.25) is 17.1 Å². The van der Waals surface area contributed by atoms with Gasteiger partial charge in [0.05, 0.1) is 11.6 Å². The maximum Gasteiger partial charge on any atom is 0.145 e. The van der Waals surface area contributed by atoms with Crippen molar-refractivity contribution in [3.05, 3.63) is 29.0 Å². The molecule has 1 saturated heterocycles. The topological polar surface area (TPSA) is 9.23 Å². The first kappa shape index (κ1) is 13.2. The van der Waals surface area contributed by atoms with Gasteiger partial charge in [0.1, 0.15) is 19.7 Å². The van der Waals surface area contributed by atoms with Gasteiger partial charge in [0.2, 0.25) is 0 Å². The summed E-state index contributed by atoms with van der Waals surface area (Å²) in [5, 5.41) is 0.131. The normalized spacial score (nSPS) is 24.6. The summed E-state index contributed by atoms with van der Waals surface area (Å²) in [6, 6.07) is 6.93. The highest BCUT2D eigenvalue weighted by atomic mass is 35.6. The van der Waals surface area contributed by atoms with Crippen molar-refractivity contribution in [1.29, 1.82) is 0 Å². The fourth-order valence-corrected chi connectivity index (χ4v) is 4.90. The van der Waals surface area contributed by atoms with Crippen molar-refractivity contribution < 1.29 is 9.13 Å². The van der Waals surface area contributed by atoms with E-state index in [0.29, 0.717) is 18.3 Å². The van der Waals surface area contributed by atoms with Crippen molar-refractivity contribution in [2.75, 3.05) is 6.61 Å². The van der Waals surface area contributed by atoms with Gasteiger partial charge < -0.3 is 4.74 Å². The van der Waals surface area contributed by atoms with Gasteiger partial charge in [-0.3, -0.25) is 0 Å². The standard InChI is InChI=1S/C12H15Cl2FOSi/c13-11-2-1-10(7-12(11)15)16-8-9-3-5-17(14)6-4-9/h1-2,7,9,17H,3-6,8H2. The smallest absolute Gasteiger partial charge is 0.145 e. The van der Waals surface area contributed by atoms with E-state index in [1.807, 2.05) is 0 Å². The number of rotatable bonds is 3. The van der Waals surface area contributed by atoms with Crippen LogP contribution in [0.5, 0.6) is 5.75 Å². The summed E-state index contributed by atoms with van der Waals surface area (Å²) in [6.45, 7) is 0.652. The molecule has 0 unspecified atom stereocenters. The molecule has 0 saturated carbocycles. The van der Waals surface area contributed by atoms with Gasteiger partial charge in [-0.05, 0) is 43.0 Å². The molecular weight excluding hydrogens is 278 g/mol. The lowest BCUT2D eigenvalue weighted by Crippen LogP contribution is -2.21. The fourth-order valence-electron chi connectivity index (χ4n) is 2.07. The molecule has 1 aliphatic heterocycles. The maximum absolute atomic E-state index is 13.2. The number of ether oxygens (including phenoxy) is 1. The van der Waals surface area contributed by atoms with Crippen LogP contribution in [0.25, 0.3) is 0 Å². The monoisotopic (exact) mass is 292 g/mol. The molecule has 1 heterocycles. The second-order valence-corrected chi connectivity index (χ2v) is 9.11. The average Bonchev–Trinajstić information content (AvgIpc) is 2.33. The molecular formula is C12H15Cl2FOSi. The molecule has 0 radical (unpaired) electrons. The van der Waals surface area contributed by atoms with Crippen molar-refractivity contribution in [1.82, 2.24) is 0 Å². The lowest BCUT2D eigenvalue weighted by atomic mass is 10.0. The molecule has 0 atom stereocenters. The highest BCUT2D eigenvalue weighted by Gasteiger charge is 2.21. The summed E-state index contributed by atoms with van der Waals surface area (Å²) in [6.07, 6.45) is 2.30. The molecule has 0 N–H and O–H groups in total. The second-order valence-electron chi connectivity index (χ2n) is 4.50. The lowest BCUT2D eigenvalue weighted by molar-refractivity contribution is 0.236. The van der Waals surface area contributed by atoms with E-state index in [9.17, 15) is 4.39 Å². The predicted molar refractivity (Wildman–Crippen MR) is 72.2 cm³/mol. The molecule has 5 heteroatoms. The Labute approximate surface area is 112 Å². The zero-order chi connectivity index (χ0) is 12.3. The van der Waals surface area contributed by atoms with E-state index in [4.69, 9.17) is 27.4 Å². The first-order valence-corrected chi connectivity index (χ1v) is 9.62. The van der Waals surface area contributed by atoms with Crippen molar-refractivity contribution in [2.24, 2.45) is 5.92 Å².